The van der Waals surface area contributed by atoms with Crippen molar-refractivity contribution in [2.45, 2.75) is 32.0 Å². The molecule has 2 aromatic heterocycles. The molecule has 0 saturated carbocycles. The van der Waals surface area contributed by atoms with Gasteiger partial charge in [0.25, 0.3) is 0 Å². The first kappa shape index (κ1) is 22.0. The molecule has 0 unspecified atom stereocenters. The summed E-state index contributed by atoms with van der Waals surface area (Å²) in [6, 6.07) is 8.01. The largest absolute Gasteiger partial charge is 0.488 e. The number of thiazole rings is 1. The smallest absolute Gasteiger partial charge is 0.407 e. The molecule has 1 saturated heterocycles. The Labute approximate surface area is 205 Å². The molecule has 4 heterocycles. The maximum atomic E-state index is 12.1. The van der Waals surface area contributed by atoms with Gasteiger partial charge in [-0.3, -0.25) is 0 Å². The maximum absolute atomic E-state index is 12.1. The Kier molecular flexibility index (Phi) is 5.62. The van der Waals surface area contributed by atoms with E-state index in [-0.39, 0.29) is 12.2 Å². The summed E-state index contributed by atoms with van der Waals surface area (Å²) in [7, 11) is 1.58. The standard InChI is InChI=1S/C25H24N4O5S/c1-13-7-17(22-19(8-13)28-21(31-2)11-26-22)24-29-18-3-4-20-16(23(18)35-24)9-15(33-20)10-27-25(30)34-14-5-6-32-12-14/h3-4,7-8,11,14-15H,5-6,9-10,12H2,1-2H3,(H,27,30)/t14-,15+/m1/s1. The third-order valence-electron chi connectivity index (χ3n) is 6.19. The highest BCUT2D eigenvalue weighted by molar-refractivity contribution is 7.22. The highest BCUT2D eigenvalue weighted by Gasteiger charge is 2.28. The number of alkyl carbamates (subject to hydrolysis) is 1. The highest BCUT2D eigenvalue weighted by Crippen LogP contribution is 2.41. The van der Waals surface area contributed by atoms with Crippen molar-refractivity contribution in [1.82, 2.24) is 20.3 Å². The molecule has 10 heteroatoms. The Morgan fingerprint density at radius 3 is 3.00 bits per heavy atom. The lowest BCUT2D eigenvalue weighted by atomic mass is 10.1. The molecule has 0 spiro atoms. The summed E-state index contributed by atoms with van der Waals surface area (Å²) in [5, 5.41) is 3.70. The highest BCUT2D eigenvalue weighted by atomic mass is 32.1. The third-order valence-corrected chi connectivity index (χ3v) is 7.35. The molecule has 0 aliphatic carbocycles. The maximum Gasteiger partial charge on any atom is 0.407 e. The number of aryl methyl sites for hydroxylation is 1. The van der Waals surface area contributed by atoms with E-state index < -0.39 is 6.09 Å². The summed E-state index contributed by atoms with van der Waals surface area (Å²) in [4.78, 5) is 26.2. The molecule has 1 N–H and O–H groups in total. The second-order valence-corrected chi connectivity index (χ2v) is 9.72. The predicted octanol–water partition coefficient (Wildman–Crippen LogP) is 4.04. The number of aromatic nitrogens is 3. The van der Waals surface area contributed by atoms with Gasteiger partial charge < -0.3 is 24.3 Å². The lowest BCUT2D eigenvalue weighted by molar-refractivity contribution is 0.0806. The van der Waals surface area contributed by atoms with Gasteiger partial charge in [0, 0.05) is 24.0 Å². The molecule has 1 fully saturated rings. The summed E-state index contributed by atoms with van der Waals surface area (Å²) in [5.74, 6) is 1.31. The zero-order valence-electron chi connectivity index (χ0n) is 19.4. The van der Waals surface area contributed by atoms with E-state index in [1.54, 1.807) is 24.6 Å². The fourth-order valence-electron chi connectivity index (χ4n) is 4.52. The molecule has 4 aromatic rings. The van der Waals surface area contributed by atoms with E-state index in [0.717, 1.165) is 55.1 Å². The SMILES string of the molecule is COc1cnc2c(-c3nc4ccc5c(c4s3)C[C@@H](CNC(=O)O[C@@H]3CCOC3)O5)cc(C)cc2n1. The number of rotatable bonds is 5. The van der Waals surface area contributed by atoms with Crippen molar-refractivity contribution in [3.05, 3.63) is 41.6 Å². The van der Waals surface area contributed by atoms with Crippen LogP contribution in [0.5, 0.6) is 11.6 Å². The molecule has 0 radical (unpaired) electrons. The van der Waals surface area contributed by atoms with Crippen LogP contribution in [0.2, 0.25) is 0 Å². The molecule has 180 valence electrons. The third kappa shape index (κ3) is 4.23. The van der Waals surface area contributed by atoms with Crippen LogP contribution in [0.15, 0.2) is 30.5 Å². The van der Waals surface area contributed by atoms with Gasteiger partial charge in [0.2, 0.25) is 5.88 Å². The van der Waals surface area contributed by atoms with Gasteiger partial charge in [0.15, 0.2) is 0 Å². The van der Waals surface area contributed by atoms with E-state index >= 15 is 0 Å². The van der Waals surface area contributed by atoms with E-state index in [9.17, 15) is 4.79 Å². The number of hydrogen-bond acceptors (Lipinski definition) is 9. The Morgan fingerprint density at radius 1 is 1.26 bits per heavy atom. The van der Waals surface area contributed by atoms with Gasteiger partial charge in [-0.1, -0.05) is 0 Å². The van der Waals surface area contributed by atoms with Crippen LogP contribution in [0, 0.1) is 6.92 Å². The summed E-state index contributed by atoms with van der Waals surface area (Å²) >= 11 is 1.62. The van der Waals surface area contributed by atoms with E-state index in [0.29, 0.717) is 32.1 Å². The first-order valence-electron chi connectivity index (χ1n) is 11.5. The van der Waals surface area contributed by atoms with Crippen LogP contribution in [0.1, 0.15) is 17.5 Å². The number of hydrogen-bond donors (Lipinski definition) is 1. The Hall–Kier alpha value is -3.50. The second kappa shape index (κ2) is 8.94. The van der Waals surface area contributed by atoms with Crippen molar-refractivity contribution in [2.24, 2.45) is 0 Å². The van der Waals surface area contributed by atoms with Crippen molar-refractivity contribution in [1.29, 1.82) is 0 Å². The number of amides is 1. The van der Waals surface area contributed by atoms with Crippen molar-refractivity contribution < 1.29 is 23.7 Å². The number of nitrogens with zero attached hydrogens (tertiary/aromatic N) is 3. The predicted molar refractivity (Wildman–Crippen MR) is 131 cm³/mol. The fraction of sp³-hybridized carbons (Fsp3) is 0.360. The molecule has 9 nitrogen and oxygen atoms in total. The van der Waals surface area contributed by atoms with Crippen LogP contribution >= 0.6 is 11.3 Å². The fourth-order valence-corrected chi connectivity index (χ4v) is 5.64. The molecule has 6 rings (SSSR count). The number of carbonyl (C=O) groups is 1. The number of methoxy groups -OCH3 is 1. The Bertz CT molecular complexity index is 1430. The monoisotopic (exact) mass is 492 g/mol. The van der Waals surface area contributed by atoms with Crippen molar-refractivity contribution in [2.75, 3.05) is 26.9 Å². The van der Waals surface area contributed by atoms with Gasteiger partial charge in [0.1, 0.15) is 23.0 Å². The second-order valence-electron chi connectivity index (χ2n) is 8.72. The average Bonchev–Trinajstić information content (AvgIpc) is 3.60. The average molecular weight is 493 g/mol. The van der Waals surface area contributed by atoms with Crippen LogP contribution in [-0.4, -0.2) is 60.1 Å². The quantitative estimate of drug-likeness (QED) is 0.445. The number of nitrogens with one attached hydrogen (secondary N) is 1. The van der Waals surface area contributed by atoms with Crippen LogP contribution in [-0.2, 0) is 15.9 Å². The summed E-state index contributed by atoms with van der Waals surface area (Å²) in [6.45, 7) is 3.49. The molecule has 0 bridgehead atoms. The minimum absolute atomic E-state index is 0.161. The van der Waals surface area contributed by atoms with Crippen LogP contribution in [0.4, 0.5) is 4.79 Å². The van der Waals surface area contributed by atoms with Crippen molar-refractivity contribution in [3.63, 3.8) is 0 Å². The molecule has 35 heavy (non-hydrogen) atoms. The number of carbonyl (C=O) groups excluding carboxylic acids is 1. The lowest BCUT2D eigenvalue weighted by Crippen LogP contribution is -2.36. The number of fused-ring (bicyclic) bond motifs is 4. The first-order valence-corrected chi connectivity index (χ1v) is 12.3. The summed E-state index contributed by atoms with van der Waals surface area (Å²) in [6.07, 6.45) is 2.28. The van der Waals surface area contributed by atoms with Crippen LogP contribution < -0.4 is 14.8 Å². The normalized spacial score (nSPS) is 19.0. The minimum Gasteiger partial charge on any atom is -0.488 e. The molecule has 1 amide bonds. The van der Waals surface area contributed by atoms with Gasteiger partial charge in [-0.25, -0.2) is 19.7 Å². The molecule has 2 aliphatic heterocycles. The summed E-state index contributed by atoms with van der Waals surface area (Å²) < 4.78 is 23.1. The topological polar surface area (TPSA) is 105 Å². The Morgan fingerprint density at radius 2 is 2.17 bits per heavy atom. The number of benzene rings is 2. The van der Waals surface area contributed by atoms with E-state index in [2.05, 4.69) is 21.4 Å². The molecular formula is C25H24N4O5S. The van der Waals surface area contributed by atoms with Gasteiger partial charge in [0.05, 0.1) is 54.3 Å². The zero-order valence-corrected chi connectivity index (χ0v) is 20.2. The first-order chi connectivity index (χ1) is 17.1. The lowest BCUT2D eigenvalue weighted by Gasteiger charge is -2.14. The van der Waals surface area contributed by atoms with E-state index in [4.69, 9.17) is 23.9 Å². The van der Waals surface area contributed by atoms with Gasteiger partial charge in [-0.05, 0) is 36.8 Å². The molecular weight excluding hydrogens is 468 g/mol. The van der Waals surface area contributed by atoms with Gasteiger partial charge in [-0.2, -0.15) is 0 Å². The van der Waals surface area contributed by atoms with Gasteiger partial charge >= 0.3 is 6.09 Å². The Balaban J connectivity index is 1.24. The van der Waals surface area contributed by atoms with Gasteiger partial charge in [-0.15, -0.1) is 11.3 Å². The van der Waals surface area contributed by atoms with Crippen molar-refractivity contribution in [3.8, 4) is 22.2 Å². The van der Waals surface area contributed by atoms with Crippen LogP contribution in [0.25, 0.3) is 31.8 Å². The minimum atomic E-state index is -0.436. The van der Waals surface area contributed by atoms with Crippen LogP contribution in [0.3, 0.4) is 0 Å². The molecule has 2 atom stereocenters. The number of ether oxygens (including phenoxy) is 4. The van der Waals surface area contributed by atoms with Crippen molar-refractivity contribution >= 4 is 38.7 Å². The molecule has 2 aliphatic rings. The summed E-state index contributed by atoms with van der Waals surface area (Å²) in [5.41, 5.74) is 5.61. The van der Waals surface area contributed by atoms with E-state index in [1.165, 1.54) is 0 Å². The molecule has 2 aromatic carbocycles. The zero-order chi connectivity index (χ0) is 23.9. The van der Waals surface area contributed by atoms with E-state index in [1.807, 2.05) is 25.1 Å².